The van der Waals surface area contributed by atoms with Crippen LogP contribution in [0.4, 0.5) is 0 Å². The van der Waals surface area contributed by atoms with Gasteiger partial charge in [-0.2, -0.15) is 11.8 Å². The topological polar surface area (TPSA) is 27.1 Å². The molecule has 0 saturated carbocycles. The van der Waals surface area contributed by atoms with Crippen LogP contribution in [0.15, 0.2) is 0 Å². The van der Waals surface area contributed by atoms with Crippen molar-refractivity contribution in [2.45, 2.75) is 6.92 Å². The third kappa shape index (κ3) is 1.90. The van der Waals surface area contributed by atoms with Crippen LogP contribution in [0.5, 0.6) is 0 Å². The molecule has 52 valence electrons. The third-order valence-corrected chi connectivity index (χ3v) is 2.43. The van der Waals surface area contributed by atoms with Gasteiger partial charge in [-0.3, -0.25) is 5.41 Å². The molecule has 0 atom stereocenters. The maximum Gasteiger partial charge on any atom is 0.0926 e. The molecule has 0 aromatic heterocycles. The van der Waals surface area contributed by atoms with Crippen molar-refractivity contribution in [3.05, 3.63) is 0 Å². The summed E-state index contributed by atoms with van der Waals surface area (Å²) in [6, 6.07) is 0. The molecular weight excluding hydrogens is 132 g/mol. The molecule has 3 heteroatoms. The van der Waals surface area contributed by atoms with Crippen LogP contribution in [0.1, 0.15) is 6.92 Å². The van der Waals surface area contributed by atoms with Crippen LogP contribution < -0.4 is 0 Å². The summed E-state index contributed by atoms with van der Waals surface area (Å²) in [5.41, 5.74) is 0. The minimum atomic E-state index is 0.718. The fourth-order valence-corrected chi connectivity index (χ4v) is 1.80. The number of rotatable bonds is 0. The summed E-state index contributed by atoms with van der Waals surface area (Å²) in [5.74, 6) is 3.10. The maximum atomic E-state index is 7.31. The van der Waals surface area contributed by atoms with E-state index in [1.807, 2.05) is 18.7 Å². The van der Waals surface area contributed by atoms with E-state index in [0.717, 1.165) is 18.9 Å². The van der Waals surface area contributed by atoms with Crippen LogP contribution in [0, 0.1) is 5.41 Å². The summed E-state index contributed by atoms with van der Waals surface area (Å²) in [4.78, 5) is 2.12. The van der Waals surface area contributed by atoms with E-state index < -0.39 is 0 Å². The van der Waals surface area contributed by atoms with Crippen LogP contribution in [-0.2, 0) is 0 Å². The number of hydrogen-bond acceptors (Lipinski definition) is 2. The molecule has 1 aliphatic rings. The molecule has 0 aliphatic carbocycles. The zero-order valence-electron chi connectivity index (χ0n) is 5.68. The second-order valence-electron chi connectivity index (χ2n) is 2.18. The van der Waals surface area contributed by atoms with E-state index in [2.05, 4.69) is 4.90 Å². The van der Waals surface area contributed by atoms with Crippen LogP contribution in [0.2, 0.25) is 0 Å². The van der Waals surface area contributed by atoms with Gasteiger partial charge < -0.3 is 4.90 Å². The van der Waals surface area contributed by atoms with Crippen molar-refractivity contribution >= 4 is 17.6 Å². The monoisotopic (exact) mass is 144 g/mol. The van der Waals surface area contributed by atoms with Gasteiger partial charge in [0.05, 0.1) is 5.84 Å². The SMILES string of the molecule is CC(=N)N1CCSCC1. The summed E-state index contributed by atoms with van der Waals surface area (Å²) in [7, 11) is 0. The third-order valence-electron chi connectivity index (χ3n) is 1.49. The molecule has 1 fully saturated rings. The van der Waals surface area contributed by atoms with Gasteiger partial charge in [0.2, 0.25) is 0 Å². The number of hydrogen-bond donors (Lipinski definition) is 1. The van der Waals surface area contributed by atoms with Gasteiger partial charge in [-0.25, -0.2) is 0 Å². The van der Waals surface area contributed by atoms with Crippen molar-refractivity contribution in [1.29, 1.82) is 5.41 Å². The highest BCUT2D eigenvalue weighted by Crippen LogP contribution is 2.08. The molecule has 1 heterocycles. The predicted octanol–water partition coefficient (Wildman–Crippen LogP) is 1.03. The van der Waals surface area contributed by atoms with Gasteiger partial charge in [0.15, 0.2) is 0 Å². The van der Waals surface area contributed by atoms with Crippen molar-refractivity contribution in [2.24, 2.45) is 0 Å². The number of nitrogens with one attached hydrogen (secondary N) is 1. The Morgan fingerprint density at radius 3 is 2.33 bits per heavy atom. The lowest BCUT2D eigenvalue weighted by molar-refractivity contribution is 0.457. The Morgan fingerprint density at radius 2 is 2.00 bits per heavy atom. The summed E-state index contributed by atoms with van der Waals surface area (Å²) in [6.07, 6.45) is 0. The van der Waals surface area contributed by atoms with Gasteiger partial charge in [0.1, 0.15) is 0 Å². The fraction of sp³-hybridized carbons (Fsp3) is 0.833. The maximum absolute atomic E-state index is 7.31. The lowest BCUT2D eigenvalue weighted by atomic mass is 10.5. The fourth-order valence-electron chi connectivity index (χ4n) is 0.899. The van der Waals surface area contributed by atoms with E-state index in [-0.39, 0.29) is 0 Å². The Kier molecular flexibility index (Phi) is 2.39. The highest BCUT2D eigenvalue weighted by Gasteiger charge is 2.08. The first kappa shape index (κ1) is 6.93. The Hall–Kier alpha value is -0.180. The van der Waals surface area contributed by atoms with Gasteiger partial charge in [0.25, 0.3) is 0 Å². The zero-order chi connectivity index (χ0) is 6.69. The summed E-state index contributed by atoms with van der Waals surface area (Å²) >= 11 is 1.98. The molecule has 1 aliphatic heterocycles. The van der Waals surface area contributed by atoms with Gasteiger partial charge >= 0.3 is 0 Å². The van der Waals surface area contributed by atoms with E-state index in [4.69, 9.17) is 5.41 Å². The van der Waals surface area contributed by atoms with Gasteiger partial charge in [0, 0.05) is 24.6 Å². The molecule has 1 rings (SSSR count). The van der Waals surface area contributed by atoms with Crippen LogP contribution >= 0.6 is 11.8 Å². The highest BCUT2D eigenvalue weighted by atomic mass is 32.2. The second kappa shape index (κ2) is 3.11. The van der Waals surface area contributed by atoms with Crippen molar-refractivity contribution in [3.8, 4) is 0 Å². The van der Waals surface area contributed by atoms with Crippen molar-refractivity contribution in [1.82, 2.24) is 4.90 Å². The van der Waals surface area contributed by atoms with E-state index in [1.165, 1.54) is 11.5 Å². The van der Waals surface area contributed by atoms with Crippen molar-refractivity contribution in [2.75, 3.05) is 24.6 Å². The average molecular weight is 144 g/mol. The largest absolute Gasteiger partial charge is 0.359 e. The summed E-state index contributed by atoms with van der Waals surface area (Å²) in [6.45, 7) is 4.00. The summed E-state index contributed by atoms with van der Waals surface area (Å²) < 4.78 is 0. The molecule has 0 radical (unpaired) electrons. The molecule has 1 N–H and O–H groups in total. The summed E-state index contributed by atoms with van der Waals surface area (Å²) in [5, 5.41) is 7.31. The van der Waals surface area contributed by atoms with E-state index >= 15 is 0 Å². The van der Waals surface area contributed by atoms with Crippen LogP contribution in [0.3, 0.4) is 0 Å². The first-order chi connectivity index (χ1) is 4.30. The molecule has 0 amide bonds. The number of thioether (sulfide) groups is 1. The van der Waals surface area contributed by atoms with E-state index in [1.54, 1.807) is 0 Å². The first-order valence-corrected chi connectivity index (χ1v) is 4.34. The minimum Gasteiger partial charge on any atom is -0.359 e. The average Bonchev–Trinajstić information content (AvgIpc) is 1.90. The first-order valence-electron chi connectivity index (χ1n) is 3.18. The Labute approximate surface area is 60.1 Å². The molecule has 0 unspecified atom stereocenters. The van der Waals surface area contributed by atoms with Gasteiger partial charge in [-0.15, -0.1) is 0 Å². The standard InChI is InChI=1S/C6H12N2S/c1-6(7)8-2-4-9-5-3-8/h7H,2-5H2,1H3. The molecule has 0 spiro atoms. The molecule has 2 nitrogen and oxygen atoms in total. The Bertz CT molecular complexity index is 108. The molecule has 0 bridgehead atoms. The molecular formula is C6H12N2S. The van der Waals surface area contributed by atoms with E-state index in [0.29, 0.717) is 0 Å². The Morgan fingerprint density at radius 1 is 1.44 bits per heavy atom. The smallest absolute Gasteiger partial charge is 0.0926 e. The van der Waals surface area contributed by atoms with Gasteiger partial charge in [-0.1, -0.05) is 0 Å². The van der Waals surface area contributed by atoms with Crippen LogP contribution in [0.25, 0.3) is 0 Å². The quantitative estimate of drug-likeness (QED) is 0.406. The lowest BCUT2D eigenvalue weighted by Gasteiger charge is -2.26. The molecule has 1 saturated heterocycles. The molecule has 0 aromatic carbocycles. The normalized spacial score (nSPS) is 19.9. The van der Waals surface area contributed by atoms with Gasteiger partial charge in [-0.05, 0) is 6.92 Å². The molecule has 0 aromatic rings. The van der Waals surface area contributed by atoms with E-state index in [9.17, 15) is 0 Å². The lowest BCUT2D eigenvalue weighted by Crippen LogP contribution is -2.35. The Balaban J connectivity index is 2.31. The minimum absolute atomic E-state index is 0.718. The van der Waals surface area contributed by atoms with Crippen molar-refractivity contribution < 1.29 is 0 Å². The zero-order valence-corrected chi connectivity index (χ0v) is 6.50. The number of nitrogens with zero attached hydrogens (tertiary/aromatic N) is 1. The van der Waals surface area contributed by atoms with Crippen molar-refractivity contribution in [3.63, 3.8) is 0 Å². The van der Waals surface area contributed by atoms with Crippen LogP contribution in [-0.4, -0.2) is 35.3 Å². The second-order valence-corrected chi connectivity index (χ2v) is 3.41. The predicted molar refractivity (Wildman–Crippen MR) is 42.3 cm³/mol. The highest BCUT2D eigenvalue weighted by molar-refractivity contribution is 7.99. The molecule has 9 heavy (non-hydrogen) atoms. The number of amidine groups is 1.